The van der Waals surface area contributed by atoms with E-state index in [1.54, 1.807) is 0 Å². The SMILES string of the molecule is CC(C)(C)/C(=N/C(=O)OCCN1CCS(=O)(=O)CC1)N1CCOCC1. The van der Waals surface area contributed by atoms with Gasteiger partial charge in [0.25, 0.3) is 0 Å². The molecule has 0 aromatic rings. The summed E-state index contributed by atoms with van der Waals surface area (Å²) in [4.78, 5) is 20.4. The fraction of sp³-hybridized carbons (Fsp3) is 0.875. The van der Waals surface area contributed by atoms with Crippen molar-refractivity contribution in [1.82, 2.24) is 9.80 Å². The quantitative estimate of drug-likeness (QED) is 0.528. The number of ether oxygens (including phenoxy) is 2. The molecule has 2 aliphatic heterocycles. The van der Waals surface area contributed by atoms with Crippen LogP contribution in [0.2, 0.25) is 0 Å². The third-order valence-electron chi connectivity index (χ3n) is 4.25. The van der Waals surface area contributed by atoms with Crippen molar-refractivity contribution < 1.29 is 22.7 Å². The Morgan fingerprint density at radius 3 is 2.28 bits per heavy atom. The fourth-order valence-electron chi connectivity index (χ4n) is 2.84. The zero-order chi connectivity index (χ0) is 18.5. The molecule has 2 fully saturated rings. The zero-order valence-corrected chi connectivity index (χ0v) is 16.2. The van der Waals surface area contributed by atoms with Crippen molar-refractivity contribution >= 4 is 21.8 Å². The first-order valence-electron chi connectivity index (χ1n) is 8.69. The molecular weight excluding hydrogens is 346 g/mol. The lowest BCUT2D eigenvalue weighted by molar-refractivity contribution is 0.0641. The maximum absolute atomic E-state index is 12.1. The number of rotatable bonds is 3. The van der Waals surface area contributed by atoms with E-state index >= 15 is 0 Å². The summed E-state index contributed by atoms with van der Waals surface area (Å²) in [6.45, 7) is 10.5. The Bertz CT molecular complexity index is 577. The maximum atomic E-state index is 12.1. The van der Waals surface area contributed by atoms with Gasteiger partial charge in [0.05, 0.1) is 24.7 Å². The van der Waals surface area contributed by atoms with Gasteiger partial charge in [-0.25, -0.2) is 13.2 Å². The van der Waals surface area contributed by atoms with Gasteiger partial charge >= 0.3 is 6.09 Å². The average molecular weight is 375 g/mol. The number of hydrogen-bond acceptors (Lipinski definition) is 6. The Labute approximate surface area is 150 Å². The van der Waals surface area contributed by atoms with Crippen LogP contribution in [0, 0.1) is 5.41 Å². The summed E-state index contributed by atoms with van der Waals surface area (Å²) in [6, 6.07) is 0. The van der Waals surface area contributed by atoms with Crippen molar-refractivity contribution in [1.29, 1.82) is 0 Å². The van der Waals surface area contributed by atoms with Gasteiger partial charge in [0, 0.05) is 38.1 Å². The largest absolute Gasteiger partial charge is 0.447 e. The zero-order valence-electron chi connectivity index (χ0n) is 15.4. The fourth-order valence-corrected chi connectivity index (χ4v) is 4.12. The highest BCUT2D eigenvalue weighted by Crippen LogP contribution is 2.20. The van der Waals surface area contributed by atoms with Crippen molar-refractivity contribution in [3.8, 4) is 0 Å². The molecule has 0 unspecified atom stereocenters. The number of sulfone groups is 1. The van der Waals surface area contributed by atoms with Gasteiger partial charge in [0.15, 0.2) is 9.84 Å². The standard InChI is InChI=1S/C16H29N3O5S/c1-16(2,3)14(19-5-9-23-10-6-19)17-15(20)24-11-4-18-7-12-25(21,22)13-8-18/h4-13H2,1-3H3/b17-14-. The van der Waals surface area contributed by atoms with Gasteiger partial charge in [-0.05, 0) is 0 Å². The number of morpholine rings is 1. The molecule has 2 rings (SSSR count). The van der Waals surface area contributed by atoms with Gasteiger partial charge in [-0.15, -0.1) is 0 Å². The summed E-state index contributed by atoms with van der Waals surface area (Å²) in [5, 5.41) is 0. The number of aliphatic imine (C=N–C) groups is 1. The lowest BCUT2D eigenvalue weighted by Crippen LogP contribution is -2.46. The van der Waals surface area contributed by atoms with Gasteiger partial charge in [-0.2, -0.15) is 4.99 Å². The van der Waals surface area contributed by atoms with E-state index in [1.165, 1.54) is 0 Å². The second-order valence-electron chi connectivity index (χ2n) is 7.39. The highest BCUT2D eigenvalue weighted by Gasteiger charge is 2.28. The summed E-state index contributed by atoms with van der Waals surface area (Å²) >= 11 is 0. The summed E-state index contributed by atoms with van der Waals surface area (Å²) in [5.41, 5.74) is -0.266. The highest BCUT2D eigenvalue weighted by atomic mass is 32.2. The third-order valence-corrected chi connectivity index (χ3v) is 5.86. The molecule has 8 nitrogen and oxygen atoms in total. The van der Waals surface area contributed by atoms with Crippen LogP contribution >= 0.6 is 0 Å². The monoisotopic (exact) mass is 375 g/mol. The van der Waals surface area contributed by atoms with E-state index in [2.05, 4.69) is 9.89 Å². The Morgan fingerprint density at radius 1 is 1.12 bits per heavy atom. The molecule has 2 saturated heterocycles. The smallest absolute Gasteiger partial charge is 0.435 e. The van der Waals surface area contributed by atoms with E-state index in [-0.39, 0.29) is 23.5 Å². The molecule has 1 amide bonds. The Balaban J connectivity index is 1.84. The minimum atomic E-state index is -2.89. The third kappa shape index (κ3) is 6.56. The molecule has 2 aliphatic rings. The van der Waals surface area contributed by atoms with Gasteiger partial charge in [0.1, 0.15) is 12.4 Å². The van der Waals surface area contributed by atoms with Crippen molar-refractivity contribution in [2.75, 3.05) is 64.1 Å². The number of amides is 1. The summed E-state index contributed by atoms with van der Waals surface area (Å²) in [7, 11) is -2.89. The maximum Gasteiger partial charge on any atom is 0.435 e. The van der Waals surface area contributed by atoms with Crippen LogP contribution in [0.4, 0.5) is 4.79 Å². The van der Waals surface area contributed by atoms with Crippen LogP contribution in [-0.4, -0.2) is 94.2 Å². The summed E-state index contributed by atoms with van der Waals surface area (Å²) in [6.07, 6.45) is -0.596. The lowest BCUT2D eigenvalue weighted by Gasteiger charge is -2.35. The van der Waals surface area contributed by atoms with Crippen molar-refractivity contribution in [3.63, 3.8) is 0 Å². The average Bonchev–Trinajstić information content (AvgIpc) is 2.54. The number of nitrogens with zero attached hydrogens (tertiary/aromatic N) is 3. The topological polar surface area (TPSA) is 88.5 Å². The first-order chi connectivity index (χ1) is 11.7. The van der Waals surface area contributed by atoms with Gasteiger partial charge in [-0.1, -0.05) is 20.8 Å². The van der Waals surface area contributed by atoms with Gasteiger partial charge < -0.3 is 14.4 Å². The number of carbonyl (C=O) groups is 1. The van der Waals surface area contributed by atoms with Crippen LogP contribution < -0.4 is 0 Å². The van der Waals surface area contributed by atoms with Crippen LogP contribution in [0.1, 0.15) is 20.8 Å². The summed E-state index contributed by atoms with van der Waals surface area (Å²) < 4.78 is 33.4. The van der Waals surface area contributed by atoms with Crippen molar-refractivity contribution in [3.05, 3.63) is 0 Å². The molecule has 2 heterocycles. The molecule has 9 heteroatoms. The van der Waals surface area contributed by atoms with Crippen molar-refractivity contribution in [2.45, 2.75) is 20.8 Å². The second kappa shape index (κ2) is 8.46. The van der Waals surface area contributed by atoms with E-state index < -0.39 is 15.9 Å². The molecule has 0 atom stereocenters. The predicted molar refractivity (Wildman–Crippen MR) is 95.7 cm³/mol. The van der Waals surface area contributed by atoms with Crippen LogP contribution in [0.3, 0.4) is 0 Å². The highest BCUT2D eigenvalue weighted by molar-refractivity contribution is 7.91. The molecule has 0 aromatic heterocycles. The Morgan fingerprint density at radius 2 is 1.72 bits per heavy atom. The molecule has 0 spiro atoms. The van der Waals surface area contributed by atoms with E-state index in [0.29, 0.717) is 51.8 Å². The van der Waals surface area contributed by atoms with E-state index in [0.717, 1.165) is 0 Å². The molecular formula is C16H29N3O5S. The van der Waals surface area contributed by atoms with Crippen LogP contribution in [0.5, 0.6) is 0 Å². The van der Waals surface area contributed by atoms with Gasteiger partial charge in [0.2, 0.25) is 0 Å². The van der Waals surface area contributed by atoms with Crippen LogP contribution in [0.15, 0.2) is 4.99 Å². The molecule has 25 heavy (non-hydrogen) atoms. The Hall–Kier alpha value is -1.19. The normalized spacial score (nSPS) is 22.7. The number of hydrogen-bond donors (Lipinski definition) is 0. The first-order valence-corrected chi connectivity index (χ1v) is 10.5. The van der Waals surface area contributed by atoms with E-state index in [4.69, 9.17) is 9.47 Å². The minimum absolute atomic E-state index is 0.171. The van der Waals surface area contributed by atoms with Gasteiger partial charge in [-0.3, -0.25) is 4.90 Å². The molecule has 144 valence electrons. The Kier molecular flexibility index (Phi) is 6.81. The molecule has 0 aromatic carbocycles. The van der Waals surface area contributed by atoms with Crippen molar-refractivity contribution in [2.24, 2.45) is 10.4 Å². The molecule has 0 N–H and O–H groups in total. The molecule has 0 radical (unpaired) electrons. The number of amidine groups is 1. The van der Waals surface area contributed by atoms with E-state index in [1.807, 2.05) is 25.7 Å². The first kappa shape index (κ1) is 20.1. The molecule has 0 saturated carbocycles. The molecule has 0 bridgehead atoms. The summed E-state index contributed by atoms with van der Waals surface area (Å²) in [5.74, 6) is 1.05. The second-order valence-corrected chi connectivity index (χ2v) is 9.70. The van der Waals surface area contributed by atoms with Crippen LogP contribution in [-0.2, 0) is 19.3 Å². The number of carbonyl (C=O) groups excluding carboxylic acids is 1. The van der Waals surface area contributed by atoms with Crippen LogP contribution in [0.25, 0.3) is 0 Å². The predicted octanol–water partition coefficient (Wildman–Crippen LogP) is 0.630. The lowest BCUT2D eigenvalue weighted by atomic mass is 9.93. The van der Waals surface area contributed by atoms with E-state index in [9.17, 15) is 13.2 Å². The molecule has 0 aliphatic carbocycles. The minimum Gasteiger partial charge on any atom is -0.447 e.